The lowest BCUT2D eigenvalue weighted by atomic mass is 10.2. The Morgan fingerprint density at radius 3 is 3.12 bits per heavy atom. The second-order valence-corrected chi connectivity index (χ2v) is 6.27. The third-order valence-corrected chi connectivity index (χ3v) is 5.08. The molecular weight excluding hydrogens is 248 g/mol. The minimum Gasteiger partial charge on any atom is -0.383 e. The SMILES string of the molecule is CSc1cccc(NCC2CCCS2)c1C#N. The van der Waals surface area contributed by atoms with Crippen LogP contribution in [0.4, 0.5) is 5.69 Å². The van der Waals surface area contributed by atoms with Crippen molar-refractivity contribution in [1.29, 1.82) is 5.26 Å². The smallest absolute Gasteiger partial charge is 0.102 e. The molecule has 1 heterocycles. The van der Waals surface area contributed by atoms with Gasteiger partial charge >= 0.3 is 0 Å². The van der Waals surface area contributed by atoms with E-state index in [1.165, 1.54) is 18.6 Å². The molecule has 1 aliphatic heterocycles. The van der Waals surface area contributed by atoms with Crippen LogP contribution < -0.4 is 5.32 Å². The van der Waals surface area contributed by atoms with Crippen LogP contribution in [-0.4, -0.2) is 23.8 Å². The van der Waals surface area contributed by atoms with Crippen molar-refractivity contribution >= 4 is 29.2 Å². The van der Waals surface area contributed by atoms with Crippen molar-refractivity contribution in [1.82, 2.24) is 0 Å². The molecule has 0 saturated carbocycles. The maximum Gasteiger partial charge on any atom is 0.102 e. The van der Waals surface area contributed by atoms with Gasteiger partial charge in [0.25, 0.3) is 0 Å². The van der Waals surface area contributed by atoms with Gasteiger partial charge in [-0.3, -0.25) is 0 Å². The summed E-state index contributed by atoms with van der Waals surface area (Å²) in [4.78, 5) is 1.05. The summed E-state index contributed by atoms with van der Waals surface area (Å²) < 4.78 is 0. The van der Waals surface area contributed by atoms with Crippen LogP contribution in [-0.2, 0) is 0 Å². The predicted octanol–water partition coefficient (Wildman–Crippen LogP) is 3.59. The van der Waals surface area contributed by atoms with Crippen molar-refractivity contribution in [3.63, 3.8) is 0 Å². The van der Waals surface area contributed by atoms with Gasteiger partial charge in [0.1, 0.15) is 6.07 Å². The van der Waals surface area contributed by atoms with Crippen molar-refractivity contribution in [3.8, 4) is 6.07 Å². The minimum atomic E-state index is 0.708. The average molecular weight is 264 g/mol. The highest BCUT2D eigenvalue weighted by Gasteiger charge is 2.16. The maximum absolute atomic E-state index is 9.21. The van der Waals surface area contributed by atoms with E-state index in [9.17, 15) is 5.26 Å². The zero-order chi connectivity index (χ0) is 12.1. The van der Waals surface area contributed by atoms with Crippen LogP contribution in [0.2, 0.25) is 0 Å². The van der Waals surface area contributed by atoms with E-state index in [2.05, 4.69) is 11.4 Å². The summed E-state index contributed by atoms with van der Waals surface area (Å²) in [5.74, 6) is 1.28. The number of anilines is 1. The van der Waals surface area contributed by atoms with Gasteiger partial charge in [-0.2, -0.15) is 17.0 Å². The monoisotopic (exact) mass is 264 g/mol. The Kier molecular flexibility index (Phi) is 4.64. The van der Waals surface area contributed by atoms with E-state index in [1.807, 2.05) is 36.2 Å². The predicted molar refractivity (Wildman–Crippen MR) is 76.9 cm³/mol. The molecule has 0 bridgehead atoms. The Morgan fingerprint density at radius 1 is 1.59 bits per heavy atom. The third kappa shape index (κ3) is 3.11. The van der Waals surface area contributed by atoms with Crippen LogP contribution in [0.15, 0.2) is 23.1 Å². The van der Waals surface area contributed by atoms with Crippen LogP contribution in [0, 0.1) is 11.3 Å². The quantitative estimate of drug-likeness (QED) is 0.843. The lowest BCUT2D eigenvalue weighted by Gasteiger charge is -2.13. The lowest BCUT2D eigenvalue weighted by Crippen LogP contribution is -2.14. The molecule has 0 radical (unpaired) electrons. The zero-order valence-corrected chi connectivity index (χ0v) is 11.5. The molecule has 1 N–H and O–H groups in total. The second kappa shape index (κ2) is 6.23. The molecule has 1 aromatic carbocycles. The maximum atomic E-state index is 9.21. The van der Waals surface area contributed by atoms with Crippen molar-refractivity contribution in [2.45, 2.75) is 23.0 Å². The average Bonchev–Trinajstić information content (AvgIpc) is 2.88. The summed E-state index contributed by atoms with van der Waals surface area (Å²) >= 11 is 3.66. The first kappa shape index (κ1) is 12.7. The summed E-state index contributed by atoms with van der Waals surface area (Å²) in [6.45, 7) is 0.969. The van der Waals surface area contributed by atoms with Crippen molar-refractivity contribution < 1.29 is 0 Å². The number of rotatable bonds is 4. The zero-order valence-electron chi connectivity index (χ0n) is 9.90. The van der Waals surface area contributed by atoms with Gasteiger partial charge in [-0.05, 0) is 37.0 Å². The first-order chi connectivity index (χ1) is 8.35. The molecular formula is C13H16N2S2. The number of nitrogens with one attached hydrogen (secondary N) is 1. The highest BCUT2D eigenvalue weighted by Crippen LogP contribution is 2.29. The van der Waals surface area contributed by atoms with Crippen LogP contribution in [0.25, 0.3) is 0 Å². The summed E-state index contributed by atoms with van der Waals surface area (Å²) in [7, 11) is 0. The standard InChI is InChI=1S/C13H16N2S2/c1-16-13-6-2-5-12(11(13)8-14)15-9-10-4-3-7-17-10/h2,5-6,10,15H,3-4,7,9H2,1H3. The van der Waals surface area contributed by atoms with Crippen LogP contribution in [0.5, 0.6) is 0 Å². The Bertz CT molecular complexity index is 420. The van der Waals surface area contributed by atoms with Crippen molar-refractivity contribution in [2.75, 3.05) is 23.9 Å². The molecule has 1 aliphatic rings. The number of nitriles is 1. The molecule has 1 unspecified atom stereocenters. The minimum absolute atomic E-state index is 0.708. The van der Waals surface area contributed by atoms with E-state index in [1.54, 1.807) is 11.8 Å². The fourth-order valence-electron chi connectivity index (χ4n) is 1.99. The van der Waals surface area contributed by atoms with Crippen molar-refractivity contribution in [2.24, 2.45) is 0 Å². The fraction of sp³-hybridized carbons (Fsp3) is 0.462. The van der Waals surface area contributed by atoms with Gasteiger partial charge in [-0.15, -0.1) is 11.8 Å². The Labute approximate surface area is 111 Å². The molecule has 1 aromatic rings. The van der Waals surface area contributed by atoms with Gasteiger partial charge in [-0.1, -0.05) is 6.07 Å². The van der Waals surface area contributed by atoms with E-state index in [4.69, 9.17) is 0 Å². The van der Waals surface area contributed by atoms with E-state index in [0.29, 0.717) is 5.25 Å². The molecule has 1 saturated heterocycles. The van der Waals surface area contributed by atoms with Gasteiger partial charge in [0.05, 0.1) is 11.3 Å². The van der Waals surface area contributed by atoms with Gasteiger partial charge in [0, 0.05) is 16.7 Å². The number of thioether (sulfide) groups is 2. The Morgan fingerprint density at radius 2 is 2.47 bits per heavy atom. The highest BCUT2D eigenvalue weighted by molar-refractivity contribution is 8.00. The molecule has 1 fully saturated rings. The summed E-state index contributed by atoms with van der Waals surface area (Å²) in [6.07, 6.45) is 4.63. The molecule has 1 atom stereocenters. The van der Waals surface area contributed by atoms with E-state index >= 15 is 0 Å². The van der Waals surface area contributed by atoms with Crippen molar-refractivity contribution in [3.05, 3.63) is 23.8 Å². The lowest BCUT2D eigenvalue weighted by molar-refractivity contribution is 0.805. The third-order valence-electron chi connectivity index (χ3n) is 2.90. The normalized spacial score (nSPS) is 18.9. The second-order valence-electron chi connectivity index (χ2n) is 4.01. The van der Waals surface area contributed by atoms with Crippen LogP contribution >= 0.6 is 23.5 Å². The molecule has 2 rings (SSSR count). The van der Waals surface area contributed by atoms with E-state index in [0.717, 1.165) is 22.7 Å². The van der Waals surface area contributed by atoms with Gasteiger partial charge in [-0.25, -0.2) is 0 Å². The van der Waals surface area contributed by atoms with Gasteiger partial charge in [0.2, 0.25) is 0 Å². The fourth-order valence-corrected chi connectivity index (χ4v) is 3.77. The Hall–Kier alpha value is -0.790. The summed E-state index contributed by atoms with van der Waals surface area (Å²) in [6, 6.07) is 8.31. The Balaban J connectivity index is 2.07. The van der Waals surface area contributed by atoms with E-state index in [-0.39, 0.29) is 0 Å². The number of hydrogen-bond donors (Lipinski definition) is 1. The van der Waals surface area contributed by atoms with Gasteiger partial charge in [0.15, 0.2) is 0 Å². The molecule has 2 nitrogen and oxygen atoms in total. The number of hydrogen-bond acceptors (Lipinski definition) is 4. The largest absolute Gasteiger partial charge is 0.383 e. The number of benzene rings is 1. The molecule has 90 valence electrons. The topological polar surface area (TPSA) is 35.8 Å². The highest BCUT2D eigenvalue weighted by atomic mass is 32.2. The molecule has 0 aromatic heterocycles. The summed E-state index contributed by atoms with van der Waals surface area (Å²) in [5, 5.41) is 13.3. The molecule has 0 amide bonds. The van der Waals surface area contributed by atoms with Crippen LogP contribution in [0.3, 0.4) is 0 Å². The molecule has 17 heavy (non-hydrogen) atoms. The molecule has 0 aliphatic carbocycles. The molecule has 0 spiro atoms. The first-order valence-corrected chi connectivity index (χ1v) is 8.05. The van der Waals surface area contributed by atoms with E-state index < -0.39 is 0 Å². The molecule has 4 heteroatoms. The summed E-state index contributed by atoms with van der Waals surface area (Å²) in [5.41, 5.74) is 1.76. The number of nitrogens with zero attached hydrogens (tertiary/aromatic N) is 1. The van der Waals surface area contributed by atoms with Gasteiger partial charge < -0.3 is 5.32 Å². The first-order valence-electron chi connectivity index (χ1n) is 5.77. The van der Waals surface area contributed by atoms with Crippen LogP contribution in [0.1, 0.15) is 18.4 Å².